The second kappa shape index (κ2) is 10.4. The Bertz CT molecular complexity index is 1010. The summed E-state index contributed by atoms with van der Waals surface area (Å²) in [6.07, 6.45) is 1.18. The molecule has 1 aromatic carbocycles. The molecule has 0 aliphatic heterocycles. The van der Waals surface area contributed by atoms with Crippen molar-refractivity contribution in [3.8, 4) is 17.7 Å². The molecule has 0 radical (unpaired) electrons. The van der Waals surface area contributed by atoms with Crippen LogP contribution in [0, 0.1) is 18.3 Å². The van der Waals surface area contributed by atoms with E-state index in [1.165, 1.54) is 25.5 Å². The number of ether oxygens (including phenoxy) is 2. The summed E-state index contributed by atoms with van der Waals surface area (Å²) < 4.78 is 11.1. The number of hydrogen-bond donors (Lipinski definition) is 2. The van der Waals surface area contributed by atoms with Crippen molar-refractivity contribution in [3.63, 3.8) is 0 Å². The molecule has 1 aromatic heterocycles. The number of aryl methyl sites for hydroxylation is 1. The first-order valence-corrected chi connectivity index (χ1v) is 9.54. The lowest BCUT2D eigenvalue weighted by Crippen LogP contribution is -2.25. The third-order valence-corrected chi connectivity index (χ3v) is 5.12. The Labute approximate surface area is 185 Å². The highest BCUT2D eigenvalue weighted by atomic mass is 79.9. The molecule has 0 saturated carbocycles. The minimum atomic E-state index is -0.603. The number of rotatable bonds is 7. The average Bonchev–Trinajstić information content (AvgIpc) is 2.67. The predicted octanol–water partition coefficient (Wildman–Crippen LogP) is 3.71. The number of halogens is 3. The number of carbonyl (C=O) groups is 1. The Morgan fingerprint density at radius 3 is 2.86 bits per heavy atom. The van der Waals surface area contributed by atoms with Crippen LogP contribution in [0.4, 0.5) is 0 Å². The minimum absolute atomic E-state index is 0.0126. The van der Waals surface area contributed by atoms with Crippen molar-refractivity contribution < 1.29 is 19.4 Å². The molecule has 0 fully saturated rings. The zero-order valence-corrected chi connectivity index (χ0v) is 18.4. The van der Waals surface area contributed by atoms with E-state index in [4.69, 9.17) is 32.7 Å². The van der Waals surface area contributed by atoms with E-state index in [-0.39, 0.29) is 34.4 Å². The Morgan fingerprint density at radius 1 is 1.48 bits per heavy atom. The number of nitrogens with one attached hydrogen (secondary N) is 1. The summed E-state index contributed by atoms with van der Waals surface area (Å²) in [6.45, 7) is 1.46. The summed E-state index contributed by atoms with van der Waals surface area (Å²) in [5.74, 6) is -0.809. The van der Waals surface area contributed by atoms with E-state index < -0.39 is 12.5 Å². The second-order valence-corrected chi connectivity index (χ2v) is 7.26. The summed E-state index contributed by atoms with van der Waals surface area (Å²) in [5.41, 5.74) is 3.78. The molecule has 11 heteroatoms. The van der Waals surface area contributed by atoms with Gasteiger partial charge in [-0.1, -0.05) is 23.2 Å². The van der Waals surface area contributed by atoms with Crippen LogP contribution < -0.4 is 10.2 Å². The molecule has 0 spiro atoms. The molecule has 1 heterocycles. The number of carbonyl (C=O) groups excluding carboxylic acids is 1. The van der Waals surface area contributed by atoms with Gasteiger partial charge < -0.3 is 14.6 Å². The summed E-state index contributed by atoms with van der Waals surface area (Å²) in [6, 6.07) is 4.82. The minimum Gasteiger partial charge on any atom is -0.506 e. The van der Waals surface area contributed by atoms with Gasteiger partial charge in [0.15, 0.2) is 6.61 Å². The number of hydrogen-bond acceptors (Lipinski definition) is 7. The molecule has 0 bridgehead atoms. The first-order chi connectivity index (χ1) is 13.8. The van der Waals surface area contributed by atoms with Crippen LogP contribution in [0.5, 0.6) is 11.6 Å². The fourth-order valence-corrected chi connectivity index (χ4v) is 3.15. The lowest BCUT2D eigenvalue weighted by atomic mass is 10.1. The molecule has 0 aliphatic carbocycles. The number of hydrazone groups is 1. The van der Waals surface area contributed by atoms with E-state index >= 15 is 0 Å². The molecule has 152 valence electrons. The quantitative estimate of drug-likeness (QED) is 0.441. The molecule has 8 nitrogen and oxygen atoms in total. The van der Waals surface area contributed by atoms with E-state index in [0.717, 1.165) is 0 Å². The third-order valence-electron chi connectivity index (χ3n) is 3.56. The van der Waals surface area contributed by atoms with Crippen molar-refractivity contribution >= 4 is 51.3 Å². The van der Waals surface area contributed by atoms with Crippen LogP contribution in [0.1, 0.15) is 22.4 Å². The van der Waals surface area contributed by atoms with Crippen molar-refractivity contribution in [2.45, 2.75) is 13.5 Å². The van der Waals surface area contributed by atoms with E-state index in [9.17, 15) is 15.2 Å². The smallest absolute Gasteiger partial charge is 0.278 e. The fraction of sp³-hybridized carbons (Fsp3) is 0.222. The molecule has 29 heavy (non-hydrogen) atoms. The molecule has 1 amide bonds. The van der Waals surface area contributed by atoms with E-state index in [1.807, 2.05) is 6.07 Å². The van der Waals surface area contributed by atoms with Gasteiger partial charge in [0.05, 0.1) is 23.5 Å². The standard InChI is InChI=1S/C18H15BrCl2N4O4/c1-9-16(19)13(7-28-2)12(5-22)18(24-9)29-8-15(26)25-23-6-10-3-11(20)4-14(21)17(10)27/h3-4,6,27H,7-8H2,1-2H3,(H,25,26). The van der Waals surface area contributed by atoms with Crippen molar-refractivity contribution in [1.82, 2.24) is 10.4 Å². The highest BCUT2D eigenvalue weighted by Crippen LogP contribution is 2.31. The van der Waals surface area contributed by atoms with E-state index in [0.29, 0.717) is 20.8 Å². The van der Waals surface area contributed by atoms with Gasteiger partial charge in [-0.2, -0.15) is 10.4 Å². The van der Waals surface area contributed by atoms with Crippen molar-refractivity contribution in [2.24, 2.45) is 5.10 Å². The maximum atomic E-state index is 12.0. The Hall–Kier alpha value is -2.38. The summed E-state index contributed by atoms with van der Waals surface area (Å²) in [5, 5.41) is 23.4. The summed E-state index contributed by atoms with van der Waals surface area (Å²) >= 11 is 15.0. The van der Waals surface area contributed by atoms with Gasteiger partial charge in [-0.05, 0) is 35.0 Å². The molecule has 0 saturated heterocycles. The van der Waals surface area contributed by atoms with Gasteiger partial charge >= 0.3 is 0 Å². The first-order valence-electron chi connectivity index (χ1n) is 7.99. The van der Waals surface area contributed by atoms with Crippen LogP contribution in [0.15, 0.2) is 21.7 Å². The fourth-order valence-electron chi connectivity index (χ4n) is 2.24. The van der Waals surface area contributed by atoms with Crippen molar-refractivity contribution in [1.29, 1.82) is 5.26 Å². The second-order valence-electron chi connectivity index (χ2n) is 5.62. The lowest BCUT2D eigenvalue weighted by molar-refractivity contribution is -0.123. The zero-order valence-electron chi connectivity index (χ0n) is 15.3. The maximum absolute atomic E-state index is 12.0. The number of phenolic OH excluding ortho intramolecular Hbond substituents is 1. The number of nitrogens with zero attached hydrogens (tertiary/aromatic N) is 3. The number of benzene rings is 1. The van der Waals surface area contributed by atoms with Gasteiger partial charge in [0.25, 0.3) is 5.91 Å². The summed E-state index contributed by atoms with van der Waals surface area (Å²) in [4.78, 5) is 16.2. The van der Waals surface area contributed by atoms with E-state index in [2.05, 4.69) is 31.4 Å². The van der Waals surface area contributed by atoms with Crippen LogP contribution in [0.2, 0.25) is 10.0 Å². The number of pyridine rings is 1. The largest absolute Gasteiger partial charge is 0.506 e. The number of aromatic nitrogens is 1. The van der Waals surface area contributed by atoms with Gasteiger partial charge in [-0.15, -0.1) is 0 Å². The monoisotopic (exact) mass is 500 g/mol. The van der Waals surface area contributed by atoms with Crippen molar-refractivity contribution in [2.75, 3.05) is 13.7 Å². The normalized spacial score (nSPS) is 10.8. The van der Waals surface area contributed by atoms with Crippen LogP contribution >= 0.6 is 39.1 Å². The number of methoxy groups -OCH3 is 1. The van der Waals surface area contributed by atoms with E-state index in [1.54, 1.807) is 6.92 Å². The molecule has 2 N–H and O–H groups in total. The van der Waals surface area contributed by atoms with Crippen LogP contribution in [-0.4, -0.2) is 35.9 Å². The van der Waals surface area contributed by atoms with Crippen molar-refractivity contribution in [3.05, 3.63) is 49.0 Å². The van der Waals surface area contributed by atoms with Crippen LogP contribution in [0.3, 0.4) is 0 Å². The van der Waals surface area contributed by atoms with Gasteiger partial charge in [0.1, 0.15) is 17.4 Å². The number of phenols is 1. The van der Waals surface area contributed by atoms with Gasteiger partial charge in [-0.3, -0.25) is 4.79 Å². The number of amides is 1. The van der Waals surface area contributed by atoms with Gasteiger partial charge in [-0.25, -0.2) is 10.4 Å². The SMILES string of the molecule is COCc1c(Br)c(C)nc(OCC(=O)NN=Cc2cc(Cl)cc(Cl)c2O)c1C#N. The number of aromatic hydroxyl groups is 1. The summed E-state index contributed by atoms with van der Waals surface area (Å²) in [7, 11) is 1.50. The Balaban J connectivity index is 2.07. The highest BCUT2D eigenvalue weighted by molar-refractivity contribution is 9.10. The third kappa shape index (κ3) is 5.81. The molecule has 2 aromatic rings. The molecular formula is C18H15BrCl2N4O4. The van der Waals surface area contributed by atoms with Gasteiger partial charge in [0.2, 0.25) is 5.88 Å². The van der Waals surface area contributed by atoms with Crippen LogP contribution in [-0.2, 0) is 16.1 Å². The zero-order chi connectivity index (χ0) is 21.6. The Kier molecular flexibility index (Phi) is 8.22. The van der Waals surface area contributed by atoms with Crippen LogP contribution in [0.25, 0.3) is 0 Å². The maximum Gasteiger partial charge on any atom is 0.278 e. The molecule has 0 unspecified atom stereocenters. The molecule has 2 rings (SSSR count). The Morgan fingerprint density at radius 2 is 2.21 bits per heavy atom. The first kappa shape index (κ1) is 22.9. The van der Waals surface area contributed by atoms with Gasteiger partial charge in [0, 0.05) is 27.7 Å². The highest BCUT2D eigenvalue weighted by Gasteiger charge is 2.18. The predicted molar refractivity (Wildman–Crippen MR) is 111 cm³/mol. The molecule has 0 aliphatic rings. The average molecular weight is 502 g/mol. The molecule has 0 atom stereocenters. The topological polar surface area (TPSA) is 117 Å². The molecular weight excluding hydrogens is 487 g/mol. The lowest BCUT2D eigenvalue weighted by Gasteiger charge is -2.13. The number of nitriles is 1.